The van der Waals surface area contributed by atoms with Crippen LogP contribution >= 0.6 is 0 Å². The molecule has 9 heteroatoms. The molecule has 0 bridgehead atoms. The number of aromatic nitrogens is 3. The number of fused-ring (bicyclic) bond motifs is 1. The number of ether oxygens (including phenoxy) is 2. The molecular weight excluding hydrogens is 406 g/mol. The van der Waals surface area contributed by atoms with Gasteiger partial charge in [-0.3, -0.25) is 0 Å². The zero-order valence-electron chi connectivity index (χ0n) is 19.8. The number of hydrogen-bond acceptors (Lipinski definition) is 6. The molecule has 2 N–H and O–H groups in total. The topological polar surface area (TPSA) is 88.8 Å². The molecule has 0 radical (unpaired) electrons. The van der Waals surface area contributed by atoms with E-state index in [4.69, 9.17) is 14.5 Å². The number of guanidine groups is 1. The molecule has 9 nitrogen and oxygen atoms in total. The van der Waals surface area contributed by atoms with E-state index >= 15 is 0 Å². The summed E-state index contributed by atoms with van der Waals surface area (Å²) in [4.78, 5) is 11.5. The first-order valence-electron chi connectivity index (χ1n) is 11.4. The van der Waals surface area contributed by atoms with Gasteiger partial charge in [0.2, 0.25) is 0 Å². The van der Waals surface area contributed by atoms with Crippen LogP contribution in [0.3, 0.4) is 0 Å². The standard InChI is InChI=1S/C23H37N7O2/c1-5-24-23(26-19-9-12-22-27-21(17-31-4)28-30(22)16-19)25-15-18-7-10-20(11-8-18)32-14-6-13-29(2)3/h7-8,10-11,19H,5-6,9,12-17H2,1-4H3,(H2,24,25,26). The number of aryl methyl sites for hydroxylation is 1. The van der Waals surface area contributed by atoms with Crippen LogP contribution in [0, 0.1) is 0 Å². The van der Waals surface area contributed by atoms with Crippen molar-refractivity contribution in [2.75, 3.05) is 40.9 Å². The van der Waals surface area contributed by atoms with E-state index < -0.39 is 0 Å². The minimum Gasteiger partial charge on any atom is -0.494 e. The lowest BCUT2D eigenvalue weighted by Gasteiger charge is -2.25. The summed E-state index contributed by atoms with van der Waals surface area (Å²) in [7, 11) is 5.81. The Kier molecular flexibility index (Phi) is 9.30. The maximum atomic E-state index is 5.81. The van der Waals surface area contributed by atoms with Gasteiger partial charge in [0.1, 0.15) is 18.2 Å². The molecule has 1 aliphatic rings. The molecule has 2 aromatic rings. The van der Waals surface area contributed by atoms with E-state index in [1.807, 2.05) is 16.8 Å². The number of aliphatic imine (C=N–C) groups is 1. The average Bonchev–Trinajstić information content (AvgIpc) is 3.18. The van der Waals surface area contributed by atoms with E-state index in [1.165, 1.54) is 0 Å². The van der Waals surface area contributed by atoms with Crippen LogP contribution < -0.4 is 15.4 Å². The summed E-state index contributed by atoms with van der Waals surface area (Å²) in [5.41, 5.74) is 1.15. The first-order valence-corrected chi connectivity index (χ1v) is 11.4. The molecule has 3 rings (SSSR count). The van der Waals surface area contributed by atoms with Crippen molar-refractivity contribution in [3.05, 3.63) is 41.5 Å². The van der Waals surface area contributed by atoms with Crippen molar-refractivity contribution < 1.29 is 9.47 Å². The van der Waals surface area contributed by atoms with Crippen molar-refractivity contribution in [1.82, 2.24) is 30.3 Å². The van der Waals surface area contributed by atoms with Crippen molar-refractivity contribution in [1.29, 1.82) is 0 Å². The van der Waals surface area contributed by atoms with Crippen molar-refractivity contribution in [3.63, 3.8) is 0 Å². The van der Waals surface area contributed by atoms with Gasteiger partial charge in [-0.1, -0.05) is 12.1 Å². The highest BCUT2D eigenvalue weighted by atomic mass is 16.5. The lowest BCUT2D eigenvalue weighted by molar-refractivity contribution is 0.177. The van der Waals surface area contributed by atoms with Gasteiger partial charge < -0.3 is 25.0 Å². The number of rotatable bonds is 11. The molecule has 1 unspecified atom stereocenters. The molecule has 2 heterocycles. The molecule has 176 valence electrons. The number of nitrogens with zero attached hydrogens (tertiary/aromatic N) is 5. The van der Waals surface area contributed by atoms with E-state index in [-0.39, 0.29) is 6.04 Å². The van der Waals surface area contributed by atoms with Crippen molar-refractivity contribution in [2.24, 2.45) is 4.99 Å². The fraction of sp³-hybridized carbons (Fsp3) is 0.609. The molecule has 0 spiro atoms. The summed E-state index contributed by atoms with van der Waals surface area (Å²) in [6, 6.07) is 8.45. The molecule has 1 aromatic carbocycles. The SMILES string of the molecule is CCNC(=NCc1ccc(OCCCN(C)C)cc1)NC1CCc2nc(COC)nn2C1. The van der Waals surface area contributed by atoms with Crippen LogP contribution in [0.4, 0.5) is 0 Å². The Hall–Kier alpha value is -2.65. The molecule has 0 aliphatic carbocycles. The minimum atomic E-state index is 0.260. The van der Waals surface area contributed by atoms with Crippen LogP contribution in [0.15, 0.2) is 29.3 Å². The summed E-state index contributed by atoms with van der Waals surface area (Å²) in [6.45, 7) is 6.47. The molecule has 0 fully saturated rings. The average molecular weight is 444 g/mol. The van der Waals surface area contributed by atoms with Crippen molar-refractivity contribution >= 4 is 5.96 Å². The Morgan fingerprint density at radius 2 is 2.09 bits per heavy atom. The second-order valence-electron chi connectivity index (χ2n) is 8.28. The fourth-order valence-electron chi connectivity index (χ4n) is 3.61. The van der Waals surface area contributed by atoms with E-state index in [0.29, 0.717) is 13.2 Å². The van der Waals surface area contributed by atoms with Crippen LogP contribution in [-0.4, -0.2) is 72.6 Å². The zero-order valence-corrected chi connectivity index (χ0v) is 19.8. The Labute approximate surface area is 191 Å². The third kappa shape index (κ3) is 7.49. The highest BCUT2D eigenvalue weighted by molar-refractivity contribution is 5.80. The van der Waals surface area contributed by atoms with Crippen LogP contribution in [0.5, 0.6) is 5.75 Å². The lowest BCUT2D eigenvalue weighted by Crippen LogP contribution is -2.47. The quantitative estimate of drug-likeness (QED) is 0.311. The van der Waals surface area contributed by atoms with E-state index in [9.17, 15) is 0 Å². The smallest absolute Gasteiger partial charge is 0.191 e. The van der Waals surface area contributed by atoms with Gasteiger partial charge in [-0.25, -0.2) is 14.7 Å². The van der Waals surface area contributed by atoms with Gasteiger partial charge in [-0.05, 0) is 51.6 Å². The highest BCUT2D eigenvalue weighted by Crippen LogP contribution is 2.15. The maximum Gasteiger partial charge on any atom is 0.191 e. The van der Waals surface area contributed by atoms with Crippen LogP contribution in [0.2, 0.25) is 0 Å². The second-order valence-corrected chi connectivity index (χ2v) is 8.28. The van der Waals surface area contributed by atoms with Crippen LogP contribution in [0.1, 0.15) is 37.0 Å². The first-order chi connectivity index (χ1) is 15.6. The summed E-state index contributed by atoms with van der Waals surface area (Å²) >= 11 is 0. The van der Waals surface area contributed by atoms with E-state index in [2.05, 4.69) is 58.8 Å². The van der Waals surface area contributed by atoms with Gasteiger partial charge in [-0.2, -0.15) is 5.10 Å². The van der Waals surface area contributed by atoms with E-state index in [0.717, 1.165) is 74.4 Å². The van der Waals surface area contributed by atoms with Gasteiger partial charge in [0, 0.05) is 32.7 Å². The third-order valence-electron chi connectivity index (χ3n) is 5.22. The molecule has 32 heavy (non-hydrogen) atoms. The van der Waals surface area contributed by atoms with Crippen LogP contribution in [0.25, 0.3) is 0 Å². The summed E-state index contributed by atoms with van der Waals surface area (Å²) < 4.78 is 12.9. The monoisotopic (exact) mass is 443 g/mol. The number of methoxy groups -OCH3 is 1. The predicted molar refractivity (Wildman–Crippen MR) is 126 cm³/mol. The Balaban J connectivity index is 1.51. The van der Waals surface area contributed by atoms with Gasteiger partial charge in [0.15, 0.2) is 11.8 Å². The maximum absolute atomic E-state index is 5.81. The van der Waals surface area contributed by atoms with Crippen molar-refractivity contribution in [2.45, 2.75) is 51.9 Å². The minimum absolute atomic E-state index is 0.260. The molecule has 0 saturated carbocycles. The molecule has 0 saturated heterocycles. The lowest BCUT2D eigenvalue weighted by atomic mass is 10.1. The molecule has 0 amide bonds. The fourth-order valence-corrected chi connectivity index (χ4v) is 3.61. The largest absolute Gasteiger partial charge is 0.494 e. The van der Waals surface area contributed by atoms with E-state index in [1.54, 1.807) is 7.11 Å². The summed E-state index contributed by atoms with van der Waals surface area (Å²) in [5, 5.41) is 11.5. The molecular formula is C23H37N7O2. The Morgan fingerprint density at radius 3 is 2.81 bits per heavy atom. The van der Waals surface area contributed by atoms with Crippen molar-refractivity contribution in [3.8, 4) is 5.75 Å². The third-order valence-corrected chi connectivity index (χ3v) is 5.22. The van der Waals surface area contributed by atoms with Gasteiger partial charge in [0.25, 0.3) is 0 Å². The normalized spacial score (nSPS) is 16.2. The Morgan fingerprint density at radius 1 is 1.28 bits per heavy atom. The number of hydrogen-bond donors (Lipinski definition) is 2. The summed E-state index contributed by atoms with van der Waals surface area (Å²) in [6.07, 6.45) is 2.90. The second kappa shape index (κ2) is 12.4. The number of benzene rings is 1. The molecule has 1 aliphatic heterocycles. The predicted octanol–water partition coefficient (Wildman–Crippen LogP) is 1.83. The van der Waals surface area contributed by atoms with Gasteiger partial charge >= 0.3 is 0 Å². The number of nitrogens with one attached hydrogen (secondary N) is 2. The van der Waals surface area contributed by atoms with Crippen LogP contribution in [-0.2, 0) is 30.9 Å². The first kappa shape index (κ1) is 24.0. The molecule has 1 atom stereocenters. The summed E-state index contributed by atoms with van der Waals surface area (Å²) in [5.74, 6) is 3.50. The zero-order chi connectivity index (χ0) is 22.8. The Bertz CT molecular complexity index is 849. The van der Waals surface area contributed by atoms with Gasteiger partial charge in [0.05, 0.1) is 19.7 Å². The molecule has 1 aromatic heterocycles. The highest BCUT2D eigenvalue weighted by Gasteiger charge is 2.22. The van der Waals surface area contributed by atoms with Gasteiger partial charge in [-0.15, -0.1) is 0 Å².